The second kappa shape index (κ2) is 7.85. The first-order chi connectivity index (χ1) is 10.0. The van der Waals surface area contributed by atoms with E-state index in [1.165, 1.54) is 6.08 Å². The van der Waals surface area contributed by atoms with Crippen LogP contribution in [-0.2, 0) is 9.59 Å². The smallest absolute Gasteiger partial charge is 0.312 e. The van der Waals surface area contributed by atoms with E-state index in [0.29, 0.717) is 11.1 Å². The largest absolute Gasteiger partial charge is 0.481 e. The van der Waals surface area contributed by atoms with Crippen molar-refractivity contribution in [2.24, 2.45) is 5.92 Å². The molecule has 1 unspecified atom stereocenters. The number of hydrogen-bond acceptors (Lipinski definition) is 2. The Balaban J connectivity index is 3.35. The van der Waals surface area contributed by atoms with Gasteiger partial charge in [0.25, 0.3) is 0 Å². The minimum absolute atomic E-state index is 0.429. The number of benzene rings is 1. The fourth-order valence-electron chi connectivity index (χ4n) is 2.17. The molecule has 1 aromatic carbocycles. The normalized spacial score (nSPS) is 14.6. The van der Waals surface area contributed by atoms with E-state index in [1.54, 1.807) is 55.5 Å². The Morgan fingerprint density at radius 2 is 1.76 bits per heavy atom. The minimum atomic E-state index is -1.17. The zero-order chi connectivity index (χ0) is 15.8. The van der Waals surface area contributed by atoms with Crippen molar-refractivity contribution in [3.8, 4) is 0 Å². The fraction of sp³-hybridized carbons (Fsp3) is 0.176. The molecule has 0 radical (unpaired) electrons. The Morgan fingerprint density at radius 3 is 2.19 bits per heavy atom. The van der Waals surface area contributed by atoms with E-state index in [2.05, 4.69) is 6.58 Å². The molecule has 4 heteroatoms. The van der Waals surface area contributed by atoms with Crippen LogP contribution in [-0.4, -0.2) is 22.2 Å². The van der Waals surface area contributed by atoms with Crippen LogP contribution in [0, 0.1) is 5.92 Å². The number of carbonyl (C=O) groups is 2. The van der Waals surface area contributed by atoms with Crippen LogP contribution in [0.15, 0.2) is 66.8 Å². The number of carboxylic acid groups (broad SMARTS) is 2. The zero-order valence-corrected chi connectivity index (χ0v) is 11.8. The highest BCUT2D eigenvalue weighted by Crippen LogP contribution is 2.31. The van der Waals surface area contributed by atoms with Crippen LogP contribution in [0.4, 0.5) is 0 Å². The molecule has 0 aliphatic carbocycles. The molecule has 2 atom stereocenters. The van der Waals surface area contributed by atoms with Crippen LogP contribution in [0.1, 0.15) is 18.4 Å². The molecule has 2 N–H and O–H groups in total. The first-order valence-electron chi connectivity index (χ1n) is 6.48. The molecule has 0 bridgehead atoms. The number of aliphatic carboxylic acids is 2. The van der Waals surface area contributed by atoms with E-state index in [-0.39, 0.29) is 0 Å². The molecule has 21 heavy (non-hydrogen) atoms. The number of allylic oxidation sites excluding steroid dienone is 4. The minimum Gasteiger partial charge on any atom is -0.481 e. The molecule has 4 nitrogen and oxygen atoms in total. The molecule has 110 valence electrons. The Morgan fingerprint density at radius 1 is 1.14 bits per heavy atom. The van der Waals surface area contributed by atoms with Gasteiger partial charge in [0.15, 0.2) is 0 Å². The Hall–Kier alpha value is -2.62. The van der Waals surface area contributed by atoms with Crippen molar-refractivity contribution in [2.75, 3.05) is 0 Å². The van der Waals surface area contributed by atoms with Gasteiger partial charge >= 0.3 is 11.9 Å². The highest BCUT2D eigenvalue weighted by atomic mass is 16.4. The lowest BCUT2D eigenvalue weighted by Crippen LogP contribution is -2.29. The van der Waals surface area contributed by atoms with Gasteiger partial charge in [0.1, 0.15) is 0 Å². The first-order valence-corrected chi connectivity index (χ1v) is 6.48. The Kier molecular flexibility index (Phi) is 6.14. The van der Waals surface area contributed by atoms with Crippen molar-refractivity contribution < 1.29 is 19.8 Å². The van der Waals surface area contributed by atoms with Crippen molar-refractivity contribution in [3.05, 3.63) is 72.4 Å². The predicted molar refractivity (Wildman–Crippen MR) is 81.0 cm³/mol. The van der Waals surface area contributed by atoms with Gasteiger partial charge in [-0.05, 0) is 18.1 Å². The summed E-state index contributed by atoms with van der Waals surface area (Å²) in [5, 5.41) is 19.0. The average Bonchev–Trinajstić information content (AvgIpc) is 2.47. The van der Waals surface area contributed by atoms with Gasteiger partial charge in [0, 0.05) is 0 Å². The van der Waals surface area contributed by atoms with Gasteiger partial charge in [-0.15, -0.1) is 0 Å². The van der Waals surface area contributed by atoms with Crippen molar-refractivity contribution in [1.82, 2.24) is 0 Å². The lowest BCUT2D eigenvalue weighted by Gasteiger charge is -2.22. The SMILES string of the molecule is C=C/C=C\C(=C/C)C(C(=O)O)[C@H](C(=O)O)c1ccccc1. The van der Waals surface area contributed by atoms with Gasteiger partial charge in [-0.1, -0.05) is 61.2 Å². The van der Waals surface area contributed by atoms with Crippen LogP contribution in [0.5, 0.6) is 0 Å². The third-order valence-electron chi connectivity index (χ3n) is 3.14. The third kappa shape index (κ3) is 4.18. The van der Waals surface area contributed by atoms with E-state index in [1.807, 2.05) is 0 Å². The van der Waals surface area contributed by atoms with Crippen molar-refractivity contribution in [1.29, 1.82) is 0 Å². The molecule has 0 aliphatic rings. The summed E-state index contributed by atoms with van der Waals surface area (Å²) in [4.78, 5) is 23.2. The Labute approximate surface area is 123 Å². The van der Waals surface area contributed by atoms with Crippen molar-refractivity contribution >= 4 is 11.9 Å². The zero-order valence-electron chi connectivity index (χ0n) is 11.8. The summed E-state index contributed by atoms with van der Waals surface area (Å²) in [7, 11) is 0. The fourth-order valence-corrected chi connectivity index (χ4v) is 2.17. The first kappa shape index (κ1) is 16.4. The quantitative estimate of drug-likeness (QED) is 0.754. The van der Waals surface area contributed by atoms with E-state index >= 15 is 0 Å². The average molecular weight is 286 g/mol. The molecule has 0 saturated carbocycles. The number of hydrogen-bond donors (Lipinski definition) is 2. The Bertz CT molecular complexity index is 570. The van der Waals surface area contributed by atoms with Crippen LogP contribution < -0.4 is 0 Å². The lowest BCUT2D eigenvalue weighted by atomic mass is 9.80. The summed E-state index contributed by atoms with van der Waals surface area (Å²) in [5.74, 6) is -4.65. The molecule has 0 aromatic heterocycles. The summed E-state index contributed by atoms with van der Waals surface area (Å²) in [6.45, 7) is 5.21. The van der Waals surface area contributed by atoms with Crippen LogP contribution in [0.2, 0.25) is 0 Å². The molecule has 0 saturated heterocycles. The summed E-state index contributed by atoms with van der Waals surface area (Å²) in [6, 6.07) is 8.39. The number of carboxylic acids is 2. The molecule has 0 aliphatic heterocycles. The molecule has 0 fully saturated rings. The van der Waals surface area contributed by atoms with E-state index in [4.69, 9.17) is 0 Å². The highest BCUT2D eigenvalue weighted by molar-refractivity contribution is 5.87. The molecule has 0 spiro atoms. The van der Waals surface area contributed by atoms with Gasteiger partial charge in [-0.3, -0.25) is 9.59 Å². The summed E-state index contributed by atoms with van der Waals surface area (Å²) < 4.78 is 0. The molecular weight excluding hydrogens is 268 g/mol. The van der Waals surface area contributed by atoms with Gasteiger partial charge < -0.3 is 10.2 Å². The predicted octanol–water partition coefficient (Wildman–Crippen LogP) is 3.24. The molecule has 1 rings (SSSR count). The monoisotopic (exact) mass is 286 g/mol. The molecular formula is C17H18O4. The van der Waals surface area contributed by atoms with E-state index in [9.17, 15) is 19.8 Å². The van der Waals surface area contributed by atoms with Gasteiger partial charge in [-0.25, -0.2) is 0 Å². The maximum absolute atomic E-state index is 11.6. The van der Waals surface area contributed by atoms with E-state index < -0.39 is 23.8 Å². The second-order valence-corrected chi connectivity index (χ2v) is 4.43. The molecule has 1 aromatic rings. The van der Waals surface area contributed by atoms with Gasteiger partial charge in [0.2, 0.25) is 0 Å². The topological polar surface area (TPSA) is 74.6 Å². The van der Waals surface area contributed by atoms with E-state index in [0.717, 1.165) is 0 Å². The molecule has 0 heterocycles. The van der Waals surface area contributed by atoms with Crippen molar-refractivity contribution in [2.45, 2.75) is 12.8 Å². The maximum Gasteiger partial charge on any atom is 0.312 e. The van der Waals surface area contributed by atoms with Crippen LogP contribution >= 0.6 is 0 Å². The summed E-state index contributed by atoms with van der Waals surface area (Å²) >= 11 is 0. The highest BCUT2D eigenvalue weighted by Gasteiger charge is 2.36. The van der Waals surface area contributed by atoms with Gasteiger partial charge in [0.05, 0.1) is 11.8 Å². The second-order valence-electron chi connectivity index (χ2n) is 4.43. The van der Waals surface area contributed by atoms with Crippen LogP contribution in [0.25, 0.3) is 0 Å². The molecule has 0 amide bonds. The van der Waals surface area contributed by atoms with Crippen molar-refractivity contribution in [3.63, 3.8) is 0 Å². The maximum atomic E-state index is 11.6. The summed E-state index contributed by atoms with van der Waals surface area (Å²) in [6.07, 6.45) is 6.29. The summed E-state index contributed by atoms with van der Waals surface area (Å²) in [5.41, 5.74) is 0.891. The van der Waals surface area contributed by atoms with Gasteiger partial charge in [-0.2, -0.15) is 0 Å². The standard InChI is InChI=1S/C17H18O4/c1-3-5-9-12(4-2)14(16(18)19)15(17(20)21)13-10-7-6-8-11-13/h3-11,14-15H,1H2,2H3,(H,18,19)(H,20,21)/b9-5-,12-4+/t14?,15-/m1/s1. The number of rotatable bonds is 7. The van der Waals surface area contributed by atoms with Crippen LogP contribution in [0.3, 0.4) is 0 Å². The third-order valence-corrected chi connectivity index (χ3v) is 3.14. The lowest BCUT2D eigenvalue weighted by molar-refractivity contribution is -0.148.